The van der Waals surface area contributed by atoms with E-state index in [0.717, 1.165) is 0 Å². The lowest BCUT2D eigenvalue weighted by Crippen LogP contribution is -1.94. The van der Waals surface area contributed by atoms with Gasteiger partial charge >= 0.3 is 0 Å². The molecular weight excluding hydrogens is 460 g/mol. The van der Waals surface area contributed by atoms with Gasteiger partial charge in [-0.25, -0.2) is 0 Å². The van der Waals surface area contributed by atoms with Crippen LogP contribution in [0.4, 0.5) is 0 Å². The molecule has 176 valence electrons. The van der Waals surface area contributed by atoms with Crippen LogP contribution in [0, 0.1) is 0 Å². The SMILES string of the molecule is c1ccc(-c2cccc(-n3c4cccc5c6ccccc6n6c7ccccc7c7ccc3c(c54)c76)c2)cc1. The molecular formula is C36H22N2. The van der Waals surface area contributed by atoms with Crippen molar-refractivity contribution >= 4 is 59.9 Å². The summed E-state index contributed by atoms with van der Waals surface area (Å²) in [4.78, 5) is 0. The summed E-state index contributed by atoms with van der Waals surface area (Å²) >= 11 is 0. The van der Waals surface area contributed by atoms with Crippen LogP contribution in [0.25, 0.3) is 76.7 Å². The van der Waals surface area contributed by atoms with E-state index in [-0.39, 0.29) is 0 Å². The predicted octanol–water partition coefficient (Wildman–Crippen LogP) is 9.60. The van der Waals surface area contributed by atoms with Crippen LogP contribution in [0.2, 0.25) is 0 Å². The third-order valence-corrected chi connectivity index (χ3v) is 8.24. The summed E-state index contributed by atoms with van der Waals surface area (Å²) in [5.41, 5.74) is 9.90. The largest absolute Gasteiger partial charge is 0.309 e. The van der Waals surface area contributed by atoms with Gasteiger partial charge in [-0.15, -0.1) is 0 Å². The molecule has 2 heteroatoms. The number of fused-ring (bicyclic) bond motifs is 6. The Kier molecular flexibility index (Phi) is 3.82. The van der Waals surface area contributed by atoms with Gasteiger partial charge in [0, 0.05) is 32.6 Å². The second-order valence-electron chi connectivity index (χ2n) is 10.2. The Bertz CT molecular complexity index is 2330. The number of para-hydroxylation sites is 2. The van der Waals surface area contributed by atoms with E-state index >= 15 is 0 Å². The highest BCUT2D eigenvalue weighted by atomic mass is 15.0. The first kappa shape index (κ1) is 20.0. The second kappa shape index (κ2) is 7.24. The first-order valence-corrected chi connectivity index (χ1v) is 13.1. The maximum absolute atomic E-state index is 2.49. The molecule has 0 bridgehead atoms. The van der Waals surface area contributed by atoms with Crippen LogP contribution in [0.15, 0.2) is 133 Å². The Hall–Kier alpha value is -5.08. The molecule has 9 rings (SSSR count). The lowest BCUT2D eigenvalue weighted by atomic mass is 10.0. The van der Waals surface area contributed by atoms with Gasteiger partial charge in [-0.3, -0.25) is 0 Å². The summed E-state index contributed by atoms with van der Waals surface area (Å²) in [6.07, 6.45) is 0. The average molecular weight is 483 g/mol. The Morgan fingerprint density at radius 1 is 0.368 bits per heavy atom. The van der Waals surface area contributed by atoms with E-state index in [0.29, 0.717) is 0 Å². The molecule has 3 aromatic heterocycles. The van der Waals surface area contributed by atoms with Crippen molar-refractivity contribution in [1.82, 2.24) is 8.97 Å². The molecule has 9 aromatic rings. The molecule has 0 N–H and O–H groups in total. The lowest BCUT2D eigenvalue weighted by molar-refractivity contribution is 1.18. The minimum atomic E-state index is 1.18. The van der Waals surface area contributed by atoms with Gasteiger partial charge in [-0.05, 0) is 52.9 Å². The topological polar surface area (TPSA) is 9.34 Å². The smallest absolute Gasteiger partial charge is 0.0641 e. The van der Waals surface area contributed by atoms with Crippen LogP contribution in [-0.4, -0.2) is 8.97 Å². The van der Waals surface area contributed by atoms with E-state index < -0.39 is 0 Å². The molecule has 0 spiro atoms. The monoisotopic (exact) mass is 482 g/mol. The van der Waals surface area contributed by atoms with Gasteiger partial charge in [-0.1, -0.05) is 97.1 Å². The Labute approximate surface area is 218 Å². The highest BCUT2D eigenvalue weighted by Crippen LogP contribution is 2.45. The molecule has 0 aliphatic rings. The van der Waals surface area contributed by atoms with Crippen molar-refractivity contribution < 1.29 is 0 Å². The van der Waals surface area contributed by atoms with Crippen molar-refractivity contribution in [3.63, 3.8) is 0 Å². The van der Waals surface area contributed by atoms with Crippen LogP contribution in [-0.2, 0) is 0 Å². The van der Waals surface area contributed by atoms with Gasteiger partial charge in [0.2, 0.25) is 0 Å². The van der Waals surface area contributed by atoms with E-state index in [9.17, 15) is 0 Å². The van der Waals surface area contributed by atoms with Crippen LogP contribution in [0.3, 0.4) is 0 Å². The fourth-order valence-electron chi connectivity index (χ4n) is 6.70. The van der Waals surface area contributed by atoms with E-state index in [1.807, 2.05) is 0 Å². The van der Waals surface area contributed by atoms with Crippen LogP contribution in [0.1, 0.15) is 0 Å². The van der Waals surface area contributed by atoms with Crippen molar-refractivity contribution in [2.24, 2.45) is 0 Å². The Balaban J connectivity index is 1.54. The molecule has 2 nitrogen and oxygen atoms in total. The maximum Gasteiger partial charge on any atom is 0.0641 e. The number of benzene rings is 6. The molecule has 0 aliphatic heterocycles. The van der Waals surface area contributed by atoms with E-state index in [1.54, 1.807) is 0 Å². The molecule has 0 unspecified atom stereocenters. The molecule has 6 aromatic carbocycles. The van der Waals surface area contributed by atoms with Gasteiger partial charge in [-0.2, -0.15) is 0 Å². The van der Waals surface area contributed by atoms with Gasteiger partial charge in [0.1, 0.15) is 0 Å². The van der Waals surface area contributed by atoms with E-state index in [4.69, 9.17) is 0 Å². The number of hydrogen-bond donors (Lipinski definition) is 0. The van der Waals surface area contributed by atoms with Crippen molar-refractivity contribution in [3.8, 4) is 16.8 Å². The average Bonchev–Trinajstić information content (AvgIpc) is 3.46. The van der Waals surface area contributed by atoms with Crippen LogP contribution in [0.5, 0.6) is 0 Å². The minimum absolute atomic E-state index is 1.18. The quantitative estimate of drug-likeness (QED) is 0.232. The van der Waals surface area contributed by atoms with Gasteiger partial charge in [0.15, 0.2) is 0 Å². The fourth-order valence-corrected chi connectivity index (χ4v) is 6.70. The van der Waals surface area contributed by atoms with E-state index in [2.05, 4.69) is 142 Å². The molecule has 0 amide bonds. The molecule has 0 atom stereocenters. The van der Waals surface area contributed by atoms with Gasteiger partial charge in [0.25, 0.3) is 0 Å². The summed E-state index contributed by atoms with van der Waals surface area (Å²) in [6, 6.07) is 48.7. The lowest BCUT2D eigenvalue weighted by Gasteiger charge is -2.11. The van der Waals surface area contributed by atoms with Crippen LogP contribution >= 0.6 is 0 Å². The first-order chi connectivity index (χ1) is 18.9. The van der Waals surface area contributed by atoms with E-state index in [1.165, 1.54) is 76.7 Å². The first-order valence-electron chi connectivity index (χ1n) is 13.1. The number of rotatable bonds is 2. The zero-order valence-electron chi connectivity index (χ0n) is 20.6. The highest BCUT2D eigenvalue weighted by Gasteiger charge is 2.22. The molecule has 3 heterocycles. The molecule has 38 heavy (non-hydrogen) atoms. The molecule has 0 radical (unpaired) electrons. The predicted molar refractivity (Wildman–Crippen MR) is 161 cm³/mol. The Morgan fingerprint density at radius 3 is 1.79 bits per heavy atom. The fraction of sp³-hybridized carbons (Fsp3) is 0. The standard InChI is InChI=1S/C36H22N2/c1-2-10-23(11-3-1)24-12-8-13-25(22-24)37-32-19-9-16-28-26-14-4-6-17-30(26)38-31-18-7-5-15-27(31)29-20-21-33(37)35(34(28)32)36(29)38/h1-22H. The van der Waals surface area contributed by atoms with Crippen molar-refractivity contribution in [2.75, 3.05) is 0 Å². The third kappa shape index (κ3) is 2.47. The second-order valence-corrected chi connectivity index (χ2v) is 10.2. The van der Waals surface area contributed by atoms with Crippen molar-refractivity contribution in [2.45, 2.75) is 0 Å². The van der Waals surface area contributed by atoms with Gasteiger partial charge in [0.05, 0.1) is 27.6 Å². The number of aromatic nitrogens is 2. The van der Waals surface area contributed by atoms with Crippen molar-refractivity contribution in [1.29, 1.82) is 0 Å². The molecule has 0 aliphatic carbocycles. The van der Waals surface area contributed by atoms with Crippen molar-refractivity contribution in [3.05, 3.63) is 133 Å². The highest BCUT2D eigenvalue weighted by molar-refractivity contribution is 6.33. The summed E-state index contributed by atoms with van der Waals surface area (Å²) in [5.74, 6) is 0. The maximum atomic E-state index is 2.49. The summed E-state index contributed by atoms with van der Waals surface area (Å²) in [5, 5.41) is 7.82. The minimum Gasteiger partial charge on any atom is -0.309 e. The number of nitrogens with zero attached hydrogens (tertiary/aromatic N) is 2. The normalized spacial score (nSPS) is 12.2. The van der Waals surface area contributed by atoms with Gasteiger partial charge < -0.3 is 8.97 Å². The third-order valence-electron chi connectivity index (χ3n) is 8.24. The van der Waals surface area contributed by atoms with Crippen LogP contribution < -0.4 is 0 Å². The Morgan fingerprint density at radius 2 is 0.974 bits per heavy atom. The summed E-state index contributed by atoms with van der Waals surface area (Å²) < 4.78 is 4.95. The molecule has 0 saturated heterocycles. The molecule has 0 saturated carbocycles. The number of hydrogen-bond acceptors (Lipinski definition) is 0. The molecule has 0 fully saturated rings. The summed E-state index contributed by atoms with van der Waals surface area (Å²) in [7, 11) is 0. The summed E-state index contributed by atoms with van der Waals surface area (Å²) in [6.45, 7) is 0. The zero-order valence-corrected chi connectivity index (χ0v) is 20.6. The zero-order chi connectivity index (χ0) is 24.8.